The van der Waals surface area contributed by atoms with Crippen molar-refractivity contribution in [2.75, 3.05) is 11.5 Å². The number of allylic oxidation sites excluding steroid dienone is 2. The smallest absolute Gasteiger partial charge is 0.233 e. The molecule has 0 bridgehead atoms. The summed E-state index contributed by atoms with van der Waals surface area (Å²) in [5, 5.41) is 0.225. The highest BCUT2D eigenvalue weighted by atomic mass is 35.5. The van der Waals surface area contributed by atoms with Gasteiger partial charge < -0.3 is 4.74 Å². The average molecular weight is 441 g/mol. The van der Waals surface area contributed by atoms with Crippen LogP contribution < -0.4 is 9.64 Å². The van der Waals surface area contributed by atoms with E-state index in [1.165, 1.54) is 18.2 Å². The number of rotatable bonds is 2. The molecule has 4 heterocycles. The lowest BCUT2D eigenvalue weighted by Crippen LogP contribution is -2.36. The van der Waals surface area contributed by atoms with Crippen LogP contribution in [0.4, 0.5) is 14.7 Å². The van der Waals surface area contributed by atoms with Gasteiger partial charge in [-0.25, -0.2) is 18.7 Å². The molecule has 0 amide bonds. The van der Waals surface area contributed by atoms with E-state index in [9.17, 15) is 8.78 Å². The third kappa shape index (κ3) is 2.83. The zero-order valence-corrected chi connectivity index (χ0v) is 16.7. The molecule has 3 aliphatic rings. The first-order valence-corrected chi connectivity index (χ1v) is 10.2. The van der Waals surface area contributed by atoms with Crippen molar-refractivity contribution in [1.82, 2.24) is 19.5 Å². The molecule has 0 N–H and O–H groups in total. The minimum Gasteiger partial charge on any atom is -0.490 e. The molecule has 31 heavy (non-hydrogen) atoms. The van der Waals surface area contributed by atoms with E-state index >= 15 is 0 Å². The zero-order chi connectivity index (χ0) is 21.1. The molecule has 6 rings (SSSR count). The fourth-order valence-corrected chi connectivity index (χ4v) is 4.60. The number of hydrogen-bond donors (Lipinski definition) is 0. The van der Waals surface area contributed by atoms with Crippen LogP contribution in [0.1, 0.15) is 18.0 Å². The van der Waals surface area contributed by atoms with Crippen LogP contribution in [0.5, 0.6) is 5.75 Å². The van der Waals surface area contributed by atoms with Crippen LogP contribution in [0.3, 0.4) is 0 Å². The van der Waals surface area contributed by atoms with Crippen molar-refractivity contribution in [3.05, 3.63) is 65.1 Å². The summed E-state index contributed by atoms with van der Waals surface area (Å²) in [6.45, 7) is 0.339. The van der Waals surface area contributed by atoms with Crippen LogP contribution in [-0.4, -0.2) is 44.5 Å². The molecule has 1 aromatic carbocycles. The first kappa shape index (κ1) is 18.4. The Kier molecular flexibility index (Phi) is 4.07. The molecule has 2 aliphatic heterocycles. The molecule has 0 spiro atoms. The number of hydrogen-bond acceptors (Lipinski definition) is 6. The summed E-state index contributed by atoms with van der Waals surface area (Å²) in [4.78, 5) is 19.6. The van der Waals surface area contributed by atoms with Crippen LogP contribution in [0.15, 0.2) is 53.4 Å². The SMILES string of the molecule is FC1=CC2C(C=C1)N=CN2c1ncc2nc(Cl)n([C@@H]3CCOc4c(F)cccc43)c2n1. The van der Waals surface area contributed by atoms with E-state index in [0.29, 0.717) is 35.7 Å². The van der Waals surface area contributed by atoms with E-state index in [4.69, 9.17) is 21.3 Å². The predicted molar refractivity (Wildman–Crippen MR) is 112 cm³/mol. The van der Waals surface area contributed by atoms with Gasteiger partial charge in [-0.3, -0.25) is 14.5 Å². The number of ether oxygens (including phenoxy) is 1. The number of aliphatic imine (C=N–C) groups is 1. The van der Waals surface area contributed by atoms with Gasteiger partial charge in [-0.1, -0.05) is 18.2 Å². The van der Waals surface area contributed by atoms with Gasteiger partial charge in [0.2, 0.25) is 11.2 Å². The Hall–Kier alpha value is -3.33. The summed E-state index contributed by atoms with van der Waals surface area (Å²) in [6.07, 6.45) is 8.37. The number of imidazole rings is 1. The number of para-hydroxylation sites is 1. The molecule has 0 saturated heterocycles. The number of fused-ring (bicyclic) bond motifs is 3. The van der Waals surface area contributed by atoms with Crippen molar-refractivity contribution in [3.63, 3.8) is 0 Å². The maximum absolute atomic E-state index is 14.3. The fourth-order valence-electron chi connectivity index (χ4n) is 4.31. The van der Waals surface area contributed by atoms with E-state index in [1.807, 2.05) is 6.07 Å². The van der Waals surface area contributed by atoms with Crippen molar-refractivity contribution in [1.29, 1.82) is 0 Å². The summed E-state index contributed by atoms with van der Waals surface area (Å²) in [5.41, 5.74) is 1.69. The Morgan fingerprint density at radius 2 is 2.10 bits per heavy atom. The minimum atomic E-state index is -0.420. The highest BCUT2D eigenvalue weighted by molar-refractivity contribution is 6.29. The number of anilines is 1. The Morgan fingerprint density at radius 3 is 3.00 bits per heavy atom. The lowest BCUT2D eigenvalue weighted by atomic mass is 10.00. The average Bonchev–Trinajstić information content (AvgIpc) is 3.33. The molecule has 0 saturated carbocycles. The van der Waals surface area contributed by atoms with Gasteiger partial charge in [-0.15, -0.1) is 0 Å². The Bertz CT molecular complexity index is 1300. The van der Waals surface area contributed by atoms with Crippen LogP contribution in [0, 0.1) is 5.82 Å². The lowest BCUT2D eigenvalue weighted by molar-refractivity contribution is 0.245. The molecule has 2 unspecified atom stereocenters. The quantitative estimate of drug-likeness (QED) is 0.563. The summed E-state index contributed by atoms with van der Waals surface area (Å²) in [7, 11) is 0. The Labute approximate surface area is 180 Å². The third-order valence-electron chi connectivity index (χ3n) is 5.73. The normalized spacial score (nSPS) is 24.2. The standard InChI is InChI=1S/C21H15ClF2N6O/c22-20-27-15-9-25-21(29-10-26-14-5-4-11(23)8-17(14)29)28-19(15)30(20)16-6-7-31-18-12(16)2-1-3-13(18)24/h1-5,8-10,14,16-17H,6-7H2/t14?,16-,17?/m1/s1. The number of nitrogens with zero attached hydrogens (tertiary/aromatic N) is 6. The maximum Gasteiger partial charge on any atom is 0.233 e. The lowest BCUT2D eigenvalue weighted by Gasteiger charge is -2.28. The van der Waals surface area contributed by atoms with Crippen molar-refractivity contribution in [3.8, 4) is 5.75 Å². The highest BCUT2D eigenvalue weighted by Gasteiger charge is 2.34. The van der Waals surface area contributed by atoms with Crippen molar-refractivity contribution >= 4 is 35.1 Å². The fraction of sp³-hybridized carbons (Fsp3) is 0.238. The topological polar surface area (TPSA) is 68.4 Å². The van der Waals surface area contributed by atoms with Gasteiger partial charge in [0, 0.05) is 12.0 Å². The van der Waals surface area contributed by atoms with Crippen LogP contribution >= 0.6 is 11.6 Å². The molecule has 10 heteroatoms. The number of aromatic nitrogens is 4. The summed E-state index contributed by atoms with van der Waals surface area (Å²) in [5.74, 6) is -0.175. The summed E-state index contributed by atoms with van der Waals surface area (Å²) >= 11 is 6.49. The van der Waals surface area contributed by atoms with E-state index in [1.54, 1.807) is 34.1 Å². The van der Waals surface area contributed by atoms with E-state index in [0.717, 1.165) is 0 Å². The van der Waals surface area contributed by atoms with Crippen molar-refractivity contribution < 1.29 is 13.5 Å². The predicted octanol–water partition coefficient (Wildman–Crippen LogP) is 4.00. The van der Waals surface area contributed by atoms with Gasteiger partial charge in [-0.2, -0.15) is 4.98 Å². The molecule has 3 aromatic rings. The molecule has 0 fully saturated rings. The highest BCUT2D eigenvalue weighted by Crippen LogP contribution is 2.39. The Morgan fingerprint density at radius 1 is 1.19 bits per heavy atom. The molecule has 7 nitrogen and oxygen atoms in total. The second-order valence-corrected chi connectivity index (χ2v) is 7.84. The van der Waals surface area contributed by atoms with Gasteiger partial charge in [0.25, 0.3) is 0 Å². The van der Waals surface area contributed by atoms with E-state index in [-0.39, 0.29) is 35.0 Å². The monoisotopic (exact) mass is 440 g/mol. The van der Waals surface area contributed by atoms with Gasteiger partial charge in [0.05, 0.1) is 37.3 Å². The van der Waals surface area contributed by atoms with Crippen LogP contribution in [-0.2, 0) is 0 Å². The third-order valence-corrected chi connectivity index (χ3v) is 6.00. The molecule has 1 aliphatic carbocycles. The second-order valence-electron chi connectivity index (χ2n) is 7.50. The largest absolute Gasteiger partial charge is 0.490 e. The molecular formula is C21H15ClF2N6O. The second kappa shape index (κ2) is 6.84. The molecule has 2 aromatic heterocycles. The van der Waals surface area contributed by atoms with Gasteiger partial charge in [-0.05, 0) is 29.8 Å². The molecule has 3 atom stereocenters. The summed E-state index contributed by atoms with van der Waals surface area (Å²) in [6, 6.07) is 3.98. The van der Waals surface area contributed by atoms with Gasteiger partial charge in [0.15, 0.2) is 17.2 Å². The maximum atomic E-state index is 14.3. The zero-order valence-electron chi connectivity index (χ0n) is 16.0. The minimum absolute atomic E-state index is 0.197. The van der Waals surface area contributed by atoms with E-state index in [2.05, 4.69) is 15.0 Å². The van der Waals surface area contributed by atoms with Crippen molar-refractivity contribution in [2.24, 2.45) is 4.99 Å². The molecule has 0 radical (unpaired) electrons. The van der Waals surface area contributed by atoms with Gasteiger partial charge in [0.1, 0.15) is 11.3 Å². The Balaban J connectivity index is 1.46. The summed E-state index contributed by atoms with van der Waals surface area (Å²) < 4.78 is 35.4. The first-order chi connectivity index (χ1) is 15.1. The van der Waals surface area contributed by atoms with Gasteiger partial charge >= 0.3 is 0 Å². The van der Waals surface area contributed by atoms with E-state index < -0.39 is 5.82 Å². The number of benzene rings is 1. The van der Waals surface area contributed by atoms with Crippen molar-refractivity contribution in [2.45, 2.75) is 24.5 Å². The molecular weight excluding hydrogens is 426 g/mol. The molecule has 156 valence electrons. The van der Waals surface area contributed by atoms with Crippen LogP contribution in [0.2, 0.25) is 5.28 Å². The van der Waals surface area contributed by atoms with Crippen LogP contribution in [0.25, 0.3) is 11.2 Å². The number of halogens is 3. The first-order valence-electron chi connectivity index (χ1n) is 9.79.